The first-order chi connectivity index (χ1) is 12.1. The van der Waals surface area contributed by atoms with Crippen molar-refractivity contribution in [1.29, 1.82) is 0 Å². The van der Waals surface area contributed by atoms with Crippen LogP contribution in [-0.4, -0.2) is 38.3 Å². The highest BCUT2D eigenvalue weighted by Gasteiger charge is 2.33. The number of hydrogen-bond donors (Lipinski definition) is 1. The molecule has 5 nitrogen and oxygen atoms in total. The third-order valence-electron chi connectivity index (χ3n) is 4.97. The molecule has 7 heteroatoms. The molecular formula is C18H26N2O3S2. The van der Waals surface area contributed by atoms with Crippen molar-refractivity contribution in [3.8, 4) is 0 Å². The van der Waals surface area contributed by atoms with Crippen molar-refractivity contribution in [3.63, 3.8) is 0 Å². The maximum Gasteiger partial charge on any atom is 0.252 e. The predicted molar refractivity (Wildman–Crippen MR) is 100.0 cm³/mol. The molecule has 3 rings (SSSR count). The van der Waals surface area contributed by atoms with E-state index in [2.05, 4.69) is 11.4 Å². The SMILES string of the molecule is O=C(NCCC1=CCCCC1)[C@H]1CCCN(S(=O)(=O)c2cccs2)C1. The number of carbonyl (C=O) groups is 1. The van der Waals surface area contributed by atoms with E-state index in [0.717, 1.165) is 32.1 Å². The van der Waals surface area contributed by atoms with Crippen LogP contribution in [0.5, 0.6) is 0 Å². The summed E-state index contributed by atoms with van der Waals surface area (Å²) in [7, 11) is -3.46. The van der Waals surface area contributed by atoms with Crippen molar-refractivity contribution >= 4 is 27.3 Å². The van der Waals surface area contributed by atoms with Gasteiger partial charge in [-0.3, -0.25) is 4.79 Å². The van der Waals surface area contributed by atoms with E-state index in [4.69, 9.17) is 0 Å². The number of carbonyl (C=O) groups excluding carboxylic acids is 1. The number of sulfonamides is 1. The Kier molecular flexibility index (Phi) is 6.30. The van der Waals surface area contributed by atoms with Crippen LogP contribution < -0.4 is 5.32 Å². The zero-order valence-corrected chi connectivity index (χ0v) is 16.1. The van der Waals surface area contributed by atoms with Crippen LogP contribution >= 0.6 is 11.3 Å². The number of allylic oxidation sites excluding steroid dienone is 1. The Labute approximate surface area is 154 Å². The monoisotopic (exact) mass is 382 g/mol. The molecule has 0 radical (unpaired) electrons. The largest absolute Gasteiger partial charge is 0.356 e. The van der Waals surface area contributed by atoms with E-state index in [1.165, 1.54) is 34.1 Å². The van der Waals surface area contributed by atoms with E-state index in [1.807, 2.05) is 0 Å². The average Bonchev–Trinajstić information content (AvgIpc) is 3.18. The van der Waals surface area contributed by atoms with Crippen LogP contribution in [0, 0.1) is 5.92 Å². The number of nitrogens with one attached hydrogen (secondary N) is 1. The summed E-state index contributed by atoms with van der Waals surface area (Å²) in [5, 5.41) is 4.77. The Morgan fingerprint density at radius 3 is 2.92 bits per heavy atom. The van der Waals surface area contributed by atoms with E-state index >= 15 is 0 Å². The highest BCUT2D eigenvalue weighted by molar-refractivity contribution is 7.91. The zero-order chi connectivity index (χ0) is 17.7. The van der Waals surface area contributed by atoms with Crippen LogP contribution in [0.2, 0.25) is 0 Å². The number of nitrogens with zero attached hydrogens (tertiary/aromatic N) is 1. The highest BCUT2D eigenvalue weighted by Crippen LogP contribution is 2.26. The average molecular weight is 383 g/mol. The smallest absolute Gasteiger partial charge is 0.252 e. The van der Waals surface area contributed by atoms with Crippen molar-refractivity contribution in [3.05, 3.63) is 29.2 Å². The maximum absolute atomic E-state index is 12.6. The van der Waals surface area contributed by atoms with Gasteiger partial charge in [-0.05, 0) is 56.4 Å². The van der Waals surface area contributed by atoms with Gasteiger partial charge in [-0.15, -0.1) is 11.3 Å². The first-order valence-corrected chi connectivity index (χ1v) is 11.4. The Bertz CT molecular complexity index is 711. The van der Waals surface area contributed by atoms with Gasteiger partial charge in [-0.1, -0.05) is 17.7 Å². The van der Waals surface area contributed by atoms with E-state index in [-0.39, 0.29) is 18.4 Å². The van der Waals surface area contributed by atoms with E-state index in [0.29, 0.717) is 17.3 Å². The van der Waals surface area contributed by atoms with Crippen molar-refractivity contribution < 1.29 is 13.2 Å². The molecule has 0 bridgehead atoms. The molecule has 1 aromatic rings. The summed E-state index contributed by atoms with van der Waals surface area (Å²) in [5.74, 6) is -0.258. The van der Waals surface area contributed by atoms with Gasteiger partial charge in [0.1, 0.15) is 4.21 Å². The van der Waals surface area contributed by atoms with Crippen molar-refractivity contribution in [2.45, 2.75) is 49.2 Å². The summed E-state index contributed by atoms with van der Waals surface area (Å²) < 4.78 is 27.1. The van der Waals surface area contributed by atoms with Crippen LogP contribution in [-0.2, 0) is 14.8 Å². The molecule has 0 unspecified atom stereocenters. The lowest BCUT2D eigenvalue weighted by atomic mass is 9.96. The molecule has 1 amide bonds. The van der Waals surface area contributed by atoms with Gasteiger partial charge in [-0.2, -0.15) is 4.31 Å². The Hall–Kier alpha value is -1.18. The summed E-state index contributed by atoms with van der Waals surface area (Å²) in [5.41, 5.74) is 1.44. The summed E-state index contributed by atoms with van der Waals surface area (Å²) in [6, 6.07) is 3.37. The Morgan fingerprint density at radius 1 is 1.32 bits per heavy atom. The minimum Gasteiger partial charge on any atom is -0.356 e. The first-order valence-electron chi connectivity index (χ1n) is 9.06. The molecule has 1 aliphatic heterocycles. The molecule has 1 N–H and O–H groups in total. The third kappa shape index (κ3) is 4.71. The lowest BCUT2D eigenvalue weighted by Gasteiger charge is -2.30. The topological polar surface area (TPSA) is 66.5 Å². The minimum absolute atomic E-state index is 0.0116. The first kappa shape index (κ1) is 18.6. The Morgan fingerprint density at radius 2 is 2.20 bits per heavy atom. The van der Waals surface area contributed by atoms with Crippen molar-refractivity contribution in [2.24, 2.45) is 5.92 Å². The number of amides is 1. The molecule has 1 aromatic heterocycles. The fraction of sp³-hybridized carbons (Fsp3) is 0.611. The van der Waals surface area contributed by atoms with Crippen LogP contribution in [0.25, 0.3) is 0 Å². The van der Waals surface area contributed by atoms with Gasteiger partial charge in [0.25, 0.3) is 10.0 Å². The van der Waals surface area contributed by atoms with Crippen LogP contribution in [0.1, 0.15) is 44.9 Å². The second-order valence-electron chi connectivity index (χ2n) is 6.78. The molecule has 1 saturated heterocycles. The van der Waals surface area contributed by atoms with Gasteiger partial charge < -0.3 is 5.32 Å². The van der Waals surface area contributed by atoms with Crippen molar-refractivity contribution in [1.82, 2.24) is 9.62 Å². The molecule has 0 spiro atoms. The third-order valence-corrected chi connectivity index (χ3v) is 8.21. The molecule has 0 saturated carbocycles. The molecule has 0 aromatic carbocycles. The van der Waals surface area contributed by atoms with Crippen LogP contribution in [0.3, 0.4) is 0 Å². The van der Waals surface area contributed by atoms with Gasteiger partial charge in [0.15, 0.2) is 0 Å². The molecular weight excluding hydrogens is 356 g/mol. The molecule has 2 aliphatic rings. The van der Waals surface area contributed by atoms with E-state index in [9.17, 15) is 13.2 Å². The summed E-state index contributed by atoms with van der Waals surface area (Å²) in [6.45, 7) is 1.44. The fourth-order valence-corrected chi connectivity index (χ4v) is 6.20. The van der Waals surface area contributed by atoms with Gasteiger partial charge in [0, 0.05) is 19.6 Å². The fourth-order valence-electron chi connectivity index (χ4n) is 3.53. The van der Waals surface area contributed by atoms with E-state index in [1.54, 1.807) is 17.5 Å². The van der Waals surface area contributed by atoms with Gasteiger partial charge in [0.2, 0.25) is 5.91 Å². The van der Waals surface area contributed by atoms with Gasteiger partial charge in [0.05, 0.1) is 5.92 Å². The maximum atomic E-state index is 12.6. The molecule has 138 valence electrons. The molecule has 1 fully saturated rings. The second-order valence-corrected chi connectivity index (χ2v) is 9.90. The molecule has 25 heavy (non-hydrogen) atoms. The molecule has 1 aliphatic carbocycles. The number of piperidine rings is 1. The molecule has 1 atom stereocenters. The van der Waals surface area contributed by atoms with Gasteiger partial charge >= 0.3 is 0 Å². The van der Waals surface area contributed by atoms with E-state index < -0.39 is 10.0 Å². The molecule has 2 heterocycles. The van der Waals surface area contributed by atoms with Crippen molar-refractivity contribution in [2.75, 3.05) is 19.6 Å². The minimum atomic E-state index is -3.46. The normalized spacial score (nSPS) is 22.4. The summed E-state index contributed by atoms with van der Waals surface area (Å²) in [4.78, 5) is 12.4. The number of thiophene rings is 1. The lowest BCUT2D eigenvalue weighted by molar-refractivity contribution is -0.126. The number of hydrogen-bond acceptors (Lipinski definition) is 4. The lowest BCUT2D eigenvalue weighted by Crippen LogP contribution is -2.45. The van der Waals surface area contributed by atoms with Crippen LogP contribution in [0.15, 0.2) is 33.4 Å². The summed E-state index contributed by atoms with van der Waals surface area (Å²) >= 11 is 1.23. The Balaban J connectivity index is 1.52. The quantitative estimate of drug-likeness (QED) is 0.769. The predicted octanol–water partition coefficient (Wildman–Crippen LogP) is 3.16. The standard InChI is InChI=1S/C18H26N2O3S2/c21-18(19-11-10-15-6-2-1-3-7-15)16-8-4-12-20(14-16)25(22,23)17-9-5-13-24-17/h5-6,9,13,16H,1-4,7-8,10-12,14H2,(H,19,21)/t16-/m0/s1. The van der Waals surface area contributed by atoms with Gasteiger partial charge in [-0.25, -0.2) is 8.42 Å². The second kappa shape index (κ2) is 8.47. The number of rotatable bonds is 6. The zero-order valence-electron chi connectivity index (χ0n) is 14.4. The highest BCUT2D eigenvalue weighted by atomic mass is 32.2. The van der Waals surface area contributed by atoms with Crippen LogP contribution in [0.4, 0.5) is 0 Å². The summed E-state index contributed by atoms with van der Waals surface area (Å²) in [6.07, 6.45) is 9.51.